The van der Waals surface area contributed by atoms with Gasteiger partial charge in [-0.2, -0.15) is 0 Å². The lowest BCUT2D eigenvalue weighted by Crippen LogP contribution is -2.33. The summed E-state index contributed by atoms with van der Waals surface area (Å²) < 4.78 is 16.4. The van der Waals surface area contributed by atoms with Gasteiger partial charge in [0.15, 0.2) is 11.5 Å². The number of nitrogens with two attached hydrogens (primary N) is 2. The molecule has 0 aromatic heterocycles. The molecule has 142 valence electrons. The van der Waals surface area contributed by atoms with Crippen LogP contribution in [0.1, 0.15) is 5.56 Å². The highest BCUT2D eigenvalue weighted by Gasteiger charge is 2.10. The molecule has 0 aliphatic rings. The lowest BCUT2D eigenvalue weighted by Gasteiger charge is -2.16. The van der Waals surface area contributed by atoms with Crippen molar-refractivity contribution in [1.82, 2.24) is 5.32 Å². The number of aliphatic hydroxyl groups excluding tert-OH is 1. The van der Waals surface area contributed by atoms with E-state index in [1.807, 2.05) is 37.3 Å². The zero-order valence-corrected chi connectivity index (χ0v) is 15.2. The second-order valence-corrected chi connectivity index (χ2v) is 5.88. The summed E-state index contributed by atoms with van der Waals surface area (Å²) in [5, 5.41) is 13.1. The molecule has 0 aliphatic heterocycles. The Morgan fingerprint density at radius 2 is 1.73 bits per heavy atom. The van der Waals surface area contributed by atoms with E-state index >= 15 is 0 Å². The average Bonchev–Trinajstić information content (AvgIpc) is 2.65. The van der Waals surface area contributed by atoms with Crippen molar-refractivity contribution >= 4 is 11.4 Å². The SMILES string of the molecule is COc1ccccc1OCCNCC(O)COc1ccc(C)c(N)c1N. The zero-order chi connectivity index (χ0) is 18.9. The van der Waals surface area contributed by atoms with Crippen molar-refractivity contribution in [3.05, 3.63) is 42.0 Å². The van der Waals surface area contributed by atoms with Gasteiger partial charge in [0, 0.05) is 13.1 Å². The van der Waals surface area contributed by atoms with Gasteiger partial charge in [0.2, 0.25) is 0 Å². The van der Waals surface area contributed by atoms with E-state index in [0.29, 0.717) is 48.3 Å². The van der Waals surface area contributed by atoms with E-state index in [2.05, 4.69) is 5.32 Å². The van der Waals surface area contributed by atoms with Gasteiger partial charge < -0.3 is 36.1 Å². The number of rotatable bonds is 10. The van der Waals surface area contributed by atoms with Crippen LogP contribution in [0.3, 0.4) is 0 Å². The molecule has 7 nitrogen and oxygen atoms in total. The zero-order valence-electron chi connectivity index (χ0n) is 15.2. The van der Waals surface area contributed by atoms with E-state index < -0.39 is 6.10 Å². The number of anilines is 2. The minimum atomic E-state index is -0.678. The number of aryl methyl sites for hydroxylation is 1. The highest BCUT2D eigenvalue weighted by molar-refractivity contribution is 5.73. The largest absolute Gasteiger partial charge is 0.493 e. The summed E-state index contributed by atoms with van der Waals surface area (Å²) in [5.74, 6) is 1.86. The van der Waals surface area contributed by atoms with Gasteiger partial charge in [-0.05, 0) is 30.7 Å². The summed E-state index contributed by atoms with van der Waals surface area (Å²) in [6.07, 6.45) is -0.678. The molecular formula is C19H27N3O4. The Hall–Kier alpha value is -2.64. The number of methoxy groups -OCH3 is 1. The number of para-hydroxylation sites is 2. The second-order valence-electron chi connectivity index (χ2n) is 5.88. The Bertz CT molecular complexity index is 709. The molecule has 1 unspecified atom stereocenters. The fourth-order valence-electron chi connectivity index (χ4n) is 2.34. The molecule has 2 rings (SSSR count). The maximum atomic E-state index is 10.0. The molecule has 2 aromatic rings. The topological polar surface area (TPSA) is 112 Å². The third kappa shape index (κ3) is 5.44. The summed E-state index contributed by atoms with van der Waals surface area (Å²) in [6, 6.07) is 11.0. The number of benzene rings is 2. The van der Waals surface area contributed by atoms with Crippen molar-refractivity contribution in [2.45, 2.75) is 13.0 Å². The van der Waals surface area contributed by atoms with Crippen molar-refractivity contribution in [1.29, 1.82) is 0 Å². The normalized spacial score (nSPS) is 11.8. The quantitative estimate of drug-likeness (QED) is 0.375. The van der Waals surface area contributed by atoms with Crippen LogP contribution < -0.4 is 31.0 Å². The predicted octanol–water partition coefficient (Wildman–Crippen LogP) is 1.58. The van der Waals surface area contributed by atoms with Gasteiger partial charge in [0.25, 0.3) is 0 Å². The van der Waals surface area contributed by atoms with E-state index in [0.717, 1.165) is 5.56 Å². The highest BCUT2D eigenvalue weighted by atomic mass is 16.5. The molecule has 0 heterocycles. The molecule has 0 fully saturated rings. The van der Waals surface area contributed by atoms with Gasteiger partial charge in [-0.25, -0.2) is 0 Å². The van der Waals surface area contributed by atoms with Crippen molar-refractivity contribution < 1.29 is 19.3 Å². The van der Waals surface area contributed by atoms with E-state index in [4.69, 9.17) is 25.7 Å². The van der Waals surface area contributed by atoms with Gasteiger partial charge in [0.1, 0.15) is 25.1 Å². The minimum absolute atomic E-state index is 0.118. The molecule has 6 N–H and O–H groups in total. The van der Waals surface area contributed by atoms with Crippen LogP contribution in [-0.2, 0) is 0 Å². The molecule has 0 saturated carbocycles. The number of ether oxygens (including phenoxy) is 3. The number of hydrogen-bond acceptors (Lipinski definition) is 7. The monoisotopic (exact) mass is 361 g/mol. The van der Waals surface area contributed by atoms with Gasteiger partial charge >= 0.3 is 0 Å². The maximum Gasteiger partial charge on any atom is 0.161 e. The van der Waals surface area contributed by atoms with E-state index in [-0.39, 0.29) is 6.61 Å². The Morgan fingerprint density at radius 3 is 2.46 bits per heavy atom. The van der Waals surface area contributed by atoms with Crippen LogP contribution in [0, 0.1) is 6.92 Å². The van der Waals surface area contributed by atoms with Crippen LogP contribution in [0.5, 0.6) is 17.2 Å². The molecule has 7 heteroatoms. The Balaban J connectivity index is 1.66. The third-order valence-electron chi connectivity index (χ3n) is 3.88. The van der Waals surface area contributed by atoms with Gasteiger partial charge in [-0.15, -0.1) is 0 Å². The van der Waals surface area contributed by atoms with Crippen molar-refractivity contribution in [2.24, 2.45) is 0 Å². The summed E-state index contributed by atoms with van der Waals surface area (Å²) in [7, 11) is 1.60. The fraction of sp³-hybridized carbons (Fsp3) is 0.368. The first kappa shape index (κ1) is 19.7. The second kappa shape index (κ2) is 9.74. The Morgan fingerprint density at radius 1 is 1.00 bits per heavy atom. The van der Waals surface area contributed by atoms with Crippen LogP contribution in [0.25, 0.3) is 0 Å². The molecular weight excluding hydrogens is 334 g/mol. The minimum Gasteiger partial charge on any atom is -0.493 e. The van der Waals surface area contributed by atoms with Crippen LogP contribution in [0.15, 0.2) is 36.4 Å². The number of nitrogen functional groups attached to an aromatic ring is 2. The Labute approximate surface area is 153 Å². The van der Waals surface area contributed by atoms with Gasteiger partial charge in [0.05, 0.1) is 18.5 Å². The first-order valence-electron chi connectivity index (χ1n) is 8.45. The lowest BCUT2D eigenvalue weighted by atomic mass is 10.1. The predicted molar refractivity (Wildman–Crippen MR) is 103 cm³/mol. The van der Waals surface area contributed by atoms with Gasteiger partial charge in [-0.3, -0.25) is 0 Å². The first-order valence-corrected chi connectivity index (χ1v) is 8.45. The smallest absolute Gasteiger partial charge is 0.161 e. The molecule has 0 aliphatic carbocycles. The van der Waals surface area contributed by atoms with Crippen LogP contribution in [0.2, 0.25) is 0 Å². The Kier molecular flexibility index (Phi) is 7.37. The maximum absolute atomic E-state index is 10.0. The first-order chi connectivity index (χ1) is 12.5. The molecule has 26 heavy (non-hydrogen) atoms. The third-order valence-corrected chi connectivity index (χ3v) is 3.88. The number of aliphatic hydroxyl groups is 1. The fourth-order valence-corrected chi connectivity index (χ4v) is 2.34. The van der Waals surface area contributed by atoms with Crippen LogP contribution >= 0.6 is 0 Å². The van der Waals surface area contributed by atoms with E-state index in [1.165, 1.54) is 0 Å². The molecule has 0 radical (unpaired) electrons. The molecule has 2 aromatic carbocycles. The molecule has 0 bridgehead atoms. The molecule has 0 amide bonds. The summed E-state index contributed by atoms with van der Waals surface area (Å²) >= 11 is 0. The van der Waals surface area contributed by atoms with E-state index in [9.17, 15) is 5.11 Å². The highest BCUT2D eigenvalue weighted by Crippen LogP contribution is 2.30. The molecule has 0 spiro atoms. The van der Waals surface area contributed by atoms with Gasteiger partial charge in [-0.1, -0.05) is 18.2 Å². The number of nitrogens with one attached hydrogen (secondary N) is 1. The van der Waals surface area contributed by atoms with Crippen molar-refractivity contribution in [3.8, 4) is 17.2 Å². The summed E-state index contributed by atoms with van der Waals surface area (Å²) in [4.78, 5) is 0. The molecule has 1 atom stereocenters. The molecule has 0 saturated heterocycles. The summed E-state index contributed by atoms with van der Waals surface area (Å²) in [6.45, 7) is 3.40. The number of hydrogen-bond donors (Lipinski definition) is 4. The van der Waals surface area contributed by atoms with Crippen LogP contribution in [0.4, 0.5) is 11.4 Å². The van der Waals surface area contributed by atoms with Crippen molar-refractivity contribution in [3.63, 3.8) is 0 Å². The standard InChI is InChI=1S/C19H27N3O4/c1-13-7-8-17(19(21)18(13)20)26-12-14(23)11-22-9-10-25-16-6-4-3-5-15(16)24-2/h3-8,14,22-23H,9-12,20-21H2,1-2H3. The van der Waals surface area contributed by atoms with Crippen LogP contribution in [-0.4, -0.2) is 44.6 Å². The van der Waals surface area contributed by atoms with Crippen molar-refractivity contribution in [2.75, 3.05) is 44.9 Å². The van der Waals surface area contributed by atoms with E-state index in [1.54, 1.807) is 13.2 Å². The lowest BCUT2D eigenvalue weighted by molar-refractivity contribution is 0.106. The summed E-state index contributed by atoms with van der Waals surface area (Å²) in [5.41, 5.74) is 13.6. The average molecular weight is 361 g/mol.